The van der Waals surface area contributed by atoms with Crippen LogP contribution in [0.5, 0.6) is 0 Å². The van der Waals surface area contributed by atoms with E-state index in [1.54, 1.807) is 19.1 Å². The standard InChI is InChI=1S/C19H18ClFN2O3/c1-12-15(10-11-18(25)26-17-5-3-2-4-16(17)24)19(20)23(22-12)14-8-6-13(21)7-9-14/h6-11,17H,2-5H2,1H3. The van der Waals surface area contributed by atoms with Gasteiger partial charge in [0.1, 0.15) is 11.0 Å². The molecular weight excluding hydrogens is 359 g/mol. The Morgan fingerprint density at radius 2 is 2.08 bits per heavy atom. The molecule has 136 valence electrons. The predicted molar refractivity (Wildman–Crippen MR) is 95.7 cm³/mol. The van der Waals surface area contributed by atoms with Gasteiger partial charge >= 0.3 is 5.97 Å². The molecule has 1 saturated carbocycles. The smallest absolute Gasteiger partial charge is 0.331 e. The van der Waals surface area contributed by atoms with Crippen LogP contribution in [0.1, 0.15) is 36.9 Å². The number of aryl methyl sites for hydroxylation is 1. The summed E-state index contributed by atoms with van der Waals surface area (Å²) in [6, 6.07) is 5.75. The monoisotopic (exact) mass is 376 g/mol. The van der Waals surface area contributed by atoms with Crippen molar-refractivity contribution in [1.29, 1.82) is 0 Å². The minimum absolute atomic E-state index is 0.0312. The molecule has 0 aliphatic heterocycles. The van der Waals surface area contributed by atoms with Crippen molar-refractivity contribution in [3.05, 3.63) is 52.6 Å². The third kappa shape index (κ3) is 4.02. The van der Waals surface area contributed by atoms with Gasteiger partial charge in [-0.2, -0.15) is 5.10 Å². The summed E-state index contributed by atoms with van der Waals surface area (Å²) in [4.78, 5) is 23.7. The van der Waals surface area contributed by atoms with Crippen LogP contribution in [0.15, 0.2) is 30.3 Å². The Morgan fingerprint density at radius 1 is 1.35 bits per heavy atom. The molecule has 26 heavy (non-hydrogen) atoms. The molecule has 0 radical (unpaired) electrons. The molecule has 0 saturated heterocycles. The van der Waals surface area contributed by atoms with E-state index in [-0.39, 0.29) is 11.6 Å². The third-order valence-corrected chi connectivity index (χ3v) is 4.63. The van der Waals surface area contributed by atoms with Crippen molar-refractivity contribution in [2.24, 2.45) is 0 Å². The lowest BCUT2D eigenvalue weighted by molar-refractivity contribution is -0.152. The Morgan fingerprint density at radius 3 is 2.77 bits per heavy atom. The van der Waals surface area contributed by atoms with E-state index in [1.807, 2.05) is 0 Å². The topological polar surface area (TPSA) is 61.2 Å². The molecule has 0 amide bonds. The third-order valence-electron chi connectivity index (χ3n) is 4.26. The van der Waals surface area contributed by atoms with Crippen LogP contribution < -0.4 is 0 Å². The number of aromatic nitrogens is 2. The molecule has 3 rings (SSSR count). The minimum Gasteiger partial charge on any atom is -0.451 e. The first-order valence-corrected chi connectivity index (χ1v) is 8.76. The number of carbonyl (C=O) groups is 2. The molecule has 1 atom stereocenters. The predicted octanol–water partition coefficient (Wildman–Crippen LogP) is 4.04. The van der Waals surface area contributed by atoms with E-state index in [0.717, 1.165) is 12.8 Å². The van der Waals surface area contributed by atoms with Crippen molar-refractivity contribution < 1.29 is 18.7 Å². The number of esters is 1. The Bertz CT molecular complexity index is 858. The molecule has 7 heteroatoms. The lowest BCUT2D eigenvalue weighted by Gasteiger charge is -2.19. The highest BCUT2D eigenvalue weighted by atomic mass is 35.5. The molecule has 1 aromatic heterocycles. The molecular formula is C19H18ClFN2O3. The van der Waals surface area contributed by atoms with Gasteiger partial charge in [0.25, 0.3) is 0 Å². The van der Waals surface area contributed by atoms with Crippen LogP contribution in [-0.4, -0.2) is 27.6 Å². The van der Waals surface area contributed by atoms with Gasteiger partial charge in [-0.05, 0) is 56.5 Å². The average Bonchev–Trinajstić information content (AvgIpc) is 2.90. The molecule has 1 heterocycles. The molecule has 0 spiro atoms. The zero-order valence-electron chi connectivity index (χ0n) is 14.2. The number of nitrogens with zero attached hydrogens (tertiary/aromatic N) is 2. The van der Waals surface area contributed by atoms with Crippen LogP contribution in [-0.2, 0) is 14.3 Å². The van der Waals surface area contributed by atoms with Crippen LogP contribution in [0.25, 0.3) is 11.8 Å². The van der Waals surface area contributed by atoms with Gasteiger partial charge in [0.2, 0.25) is 0 Å². The lowest BCUT2D eigenvalue weighted by Crippen LogP contribution is -2.29. The lowest BCUT2D eigenvalue weighted by atomic mass is 9.96. The molecule has 1 aliphatic carbocycles. The van der Waals surface area contributed by atoms with Gasteiger partial charge in [-0.1, -0.05) is 11.6 Å². The van der Waals surface area contributed by atoms with Gasteiger partial charge in [0.15, 0.2) is 11.9 Å². The molecule has 2 aromatic rings. The molecule has 0 bridgehead atoms. The molecule has 1 aliphatic rings. The second kappa shape index (κ2) is 7.83. The first-order chi connectivity index (χ1) is 12.5. The second-order valence-corrected chi connectivity index (χ2v) is 6.51. The maximum absolute atomic E-state index is 13.1. The van der Waals surface area contributed by atoms with E-state index in [2.05, 4.69) is 5.10 Å². The first kappa shape index (κ1) is 18.3. The summed E-state index contributed by atoms with van der Waals surface area (Å²) >= 11 is 6.35. The molecule has 1 fully saturated rings. The molecule has 5 nitrogen and oxygen atoms in total. The number of hydrogen-bond donors (Lipinski definition) is 0. The summed E-state index contributed by atoms with van der Waals surface area (Å²) in [5.41, 5.74) is 1.77. The number of ketones is 1. The van der Waals surface area contributed by atoms with Crippen LogP contribution in [0.2, 0.25) is 5.15 Å². The number of rotatable bonds is 4. The number of hydrogen-bond acceptors (Lipinski definition) is 4. The summed E-state index contributed by atoms with van der Waals surface area (Å²) in [6.45, 7) is 1.75. The van der Waals surface area contributed by atoms with Gasteiger partial charge in [0, 0.05) is 18.1 Å². The van der Waals surface area contributed by atoms with Gasteiger partial charge in [-0.3, -0.25) is 4.79 Å². The highest BCUT2D eigenvalue weighted by Crippen LogP contribution is 2.25. The van der Waals surface area contributed by atoms with Crippen LogP contribution in [0, 0.1) is 12.7 Å². The number of benzene rings is 1. The fourth-order valence-electron chi connectivity index (χ4n) is 2.86. The number of halogens is 2. The second-order valence-electron chi connectivity index (χ2n) is 6.15. The summed E-state index contributed by atoms with van der Waals surface area (Å²) in [6.07, 6.45) is 4.85. The Balaban J connectivity index is 1.75. The first-order valence-electron chi connectivity index (χ1n) is 8.38. The highest BCUT2D eigenvalue weighted by Gasteiger charge is 2.25. The van der Waals surface area contributed by atoms with Crippen molar-refractivity contribution in [3.63, 3.8) is 0 Å². The van der Waals surface area contributed by atoms with E-state index in [9.17, 15) is 14.0 Å². The van der Waals surface area contributed by atoms with Crippen molar-refractivity contribution in [2.45, 2.75) is 38.7 Å². The van der Waals surface area contributed by atoms with E-state index < -0.39 is 12.1 Å². The largest absolute Gasteiger partial charge is 0.451 e. The van der Waals surface area contributed by atoms with Gasteiger partial charge < -0.3 is 4.74 Å². The van der Waals surface area contributed by atoms with Gasteiger partial charge in [-0.25, -0.2) is 13.9 Å². The van der Waals surface area contributed by atoms with Gasteiger partial charge in [-0.15, -0.1) is 0 Å². The SMILES string of the molecule is Cc1nn(-c2ccc(F)cc2)c(Cl)c1C=CC(=O)OC1CCCCC1=O. The maximum Gasteiger partial charge on any atom is 0.331 e. The van der Waals surface area contributed by atoms with Crippen LogP contribution in [0.3, 0.4) is 0 Å². The van der Waals surface area contributed by atoms with Crippen LogP contribution >= 0.6 is 11.6 Å². The van der Waals surface area contributed by atoms with Crippen molar-refractivity contribution >= 4 is 29.4 Å². The molecule has 1 aromatic carbocycles. The number of Topliss-reactive ketones (excluding diaryl/α,β-unsaturated/α-hetero) is 1. The Kier molecular flexibility index (Phi) is 5.52. The fraction of sp³-hybridized carbons (Fsp3) is 0.316. The van der Waals surface area contributed by atoms with Gasteiger partial charge in [0.05, 0.1) is 11.4 Å². The van der Waals surface area contributed by atoms with E-state index in [0.29, 0.717) is 34.9 Å². The minimum atomic E-state index is -0.653. The molecule has 0 N–H and O–H groups in total. The van der Waals surface area contributed by atoms with E-state index in [1.165, 1.54) is 29.0 Å². The quantitative estimate of drug-likeness (QED) is 0.596. The summed E-state index contributed by atoms with van der Waals surface area (Å²) in [5, 5.41) is 4.62. The molecule has 1 unspecified atom stereocenters. The van der Waals surface area contributed by atoms with Crippen LogP contribution in [0.4, 0.5) is 4.39 Å². The summed E-state index contributed by atoms with van der Waals surface area (Å²) in [7, 11) is 0. The van der Waals surface area contributed by atoms with E-state index >= 15 is 0 Å². The fourth-order valence-corrected chi connectivity index (χ4v) is 3.20. The zero-order chi connectivity index (χ0) is 18.7. The highest BCUT2D eigenvalue weighted by molar-refractivity contribution is 6.31. The van der Waals surface area contributed by atoms with Crippen molar-refractivity contribution in [2.75, 3.05) is 0 Å². The summed E-state index contributed by atoms with van der Waals surface area (Å²) in [5.74, 6) is -0.972. The Hall–Kier alpha value is -2.47. The maximum atomic E-state index is 13.1. The summed E-state index contributed by atoms with van der Waals surface area (Å²) < 4.78 is 19.8. The van der Waals surface area contributed by atoms with Crippen molar-refractivity contribution in [3.8, 4) is 5.69 Å². The van der Waals surface area contributed by atoms with Crippen molar-refractivity contribution in [1.82, 2.24) is 9.78 Å². The zero-order valence-corrected chi connectivity index (χ0v) is 15.0. The van der Waals surface area contributed by atoms with E-state index in [4.69, 9.17) is 16.3 Å². The number of ether oxygens (including phenoxy) is 1. The number of carbonyl (C=O) groups excluding carboxylic acids is 2. The Labute approximate surface area is 155 Å². The average molecular weight is 377 g/mol. The normalized spacial score (nSPS) is 17.7.